The molecule has 2 saturated heterocycles. The van der Waals surface area contributed by atoms with Crippen LogP contribution in [-0.4, -0.2) is 66.2 Å². The second kappa shape index (κ2) is 6.83. The maximum Gasteiger partial charge on any atom is 0.415 e. The fraction of sp³-hybridized carbons (Fsp3) is 0.500. The van der Waals surface area contributed by atoms with Crippen molar-refractivity contribution in [2.75, 3.05) is 39.3 Å². The third-order valence-corrected chi connectivity index (χ3v) is 5.14. The van der Waals surface area contributed by atoms with Gasteiger partial charge in [-0.25, -0.2) is 4.79 Å². The number of piperidine rings is 1. The number of benzene rings is 1. The molecular weight excluding hydrogens is 304 g/mol. The molecule has 1 aromatic heterocycles. The number of hydrogen-bond donors (Lipinski definition) is 2. The lowest BCUT2D eigenvalue weighted by atomic mass is 10.0. The number of nitrogens with zero attached hydrogens (tertiary/aromatic N) is 2. The predicted molar refractivity (Wildman–Crippen MR) is 93.4 cm³/mol. The number of amides is 1. The SMILES string of the molecule is O=C(Oc1c[nH]c2ccccc12)N1CCC(N2CCNCC2)CC1. The van der Waals surface area contributed by atoms with Gasteiger partial charge in [-0.05, 0) is 25.0 Å². The summed E-state index contributed by atoms with van der Waals surface area (Å²) in [4.78, 5) is 20.0. The zero-order chi connectivity index (χ0) is 16.4. The molecule has 6 nitrogen and oxygen atoms in total. The molecule has 2 fully saturated rings. The summed E-state index contributed by atoms with van der Waals surface area (Å²) in [6, 6.07) is 8.46. The maximum atomic E-state index is 12.5. The number of aromatic amines is 1. The molecule has 6 heteroatoms. The molecule has 1 aromatic carbocycles. The van der Waals surface area contributed by atoms with Gasteiger partial charge in [0.2, 0.25) is 0 Å². The molecular formula is C18H24N4O2. The molecule has 2 aliphatic rings. The second-order valence-electron chi connectivity index (χ2n) is 6.57. The Bertz CT molecular complexity index is 700. The minimum Gasteiger partial charge on any atom is -0.408 e. The second-order valence-corrected chi connectivity index (χ2v) is 6.57. The minimum atomic E-state index is -0.237. The number of ether oxygens (including phenoxy) is 1. The van der Waals surface area contributed by atoms with Gasteiger partial charge >= 0.3 is 6.09 Å². The monoisotopic (exact) mass is 328 g/mol. The van der Waals surface area contributed by atoms with Crippen molar-refractivity contribution in [3.05, 3.63) is 30.5 Å². The summed E-state index contributed by atoms with van der Waals surface area (Å²) >= 11 is 0. The predicted octanol–water partition coefficient (Wildman–Crippen LogP) is 2.04. The molecule has 0 radical (unpaired) electrons. The van der Waals surface area contributed by atoms with Crippen LogP contribution in [0, 0.1) is 0 Å². The van der Waals surface area contributed by atoms with E-state index in [-0.39, 0.29) is 6.09 Å². The van der Waals surface area contributed by atoms with Gasteiger partial charge in [0, 0.05) is 62.4 Å². The number of piperazine rings is 1. The third-order valence-electron chi connectivity index (χ3n) is 5.14. The highest BCUT2D eigenvalue weighted by molar-refractivity contribution is 5.88. The molecule has 3 heterocycles. The van der Waals surface area contributed by atoms with Crippen molar-refractivity contribution in [3.63, 3.8) is 0 Å². The Balaban J connectivity index is 1.34. The van der Waals surface area contributed by atoms with Crippen molar-refractivity contribution in [3.8, 4) is 5.75 Å². The number of carbonyl (C=O) groups excluding carboxylic acids is 1. The van der Waals surface area contributed by atoms with E-state index in [0.29, 0.717) is 11.8 Å². The number of para-hydroxylation sites is 1. The lowest BCUT2D eigenvalue weighted by molar-refractivity contribution is 0.0919. The molecule has 0 atom stereocenters. The van der Waals surface area contributed by atoms with Crippen LogP contribution >= 0.6 is 0 Å². The number of nitrogens with one attached hydrogen (secondary N) is 2. The molecule has 24 heavy (non-hydrogen) atoms. The molecule has 0 saturated carbocycles. The molecule has 0 bridgehead atoms. The van der Waals surface area contributed by atoms with E-state index >= 15 is 0 Å². The maximum absolute atomic E-state index is 12.5. The number of H-pyrrole nitrogens is 1. The Morgan fingerprint density at radius 2 is 1.83 bits per heavy atom. The summed E-state index contributed by atoms with van der Waals surface area (Å²) in [7, 11) is 0. The molecule has 4 rings (SSSR count). The highest BCUT2D eigenvalue weighted by Crippen LogP contribution is 2.26. The largest absolute Gasteiger partial charge is 0.415 e. The van der Waals surface area contributed by atoms with E-state index < -0.39 is 0 Å². The van der Waals surface area contributed by atoms with Crippen LogP contribution in [0.2, 0.25) is 0 Å². The van der Waals surface area contributed by atoms with E-state index in [0.717, 1.165) is 63.0 Å². The van der Waals surface area contributed by atoms with Crippen molar-refractivity contribution in [1.82, 2.24) is 20.1 Å². The average molecular weight is 328 g/mol. The van der Waals surface area contributed by atoms with Crippen molar-refractivity contribution in [2.45, 2.75) is 18.9 Å². The summed E-state index contributed by atoms with van der Waals surface area (Å²) < 4.78 is 5.62. The Labute approximate surface area is 141 Å². The summed E-state index contributed by atoms with van der Waals surface area (Å²) in [6.45, 7) is 5.92. The van der Waals surface area contributed by atoms with Crippen LogP contribution in [0.3, 0.4) is 0 Å². The molecule has 2 N–H and O–H groups in total. The molecule has 2 aromatic rings. The normalized spacial score (nSPS) is 20.4. The van der Waals surface area contributed by atoms with Gasteiger partial charge in [-0.15, -0.1) is 0 Å². The number of carbonyl (C=O) groups is 1. The topological polar surface area (TPSA) is 60.6 Å². The van der Waals surface area contributed by atoms with Gasteiger partial charge in [-0.1, -0.05) is 12.1 Å². The first-order valence-electron chi connectivity index (χ1n) is 8.79. The molecule has 128 valence electrons. The molecule has 0 spiro atoms. The quantitative estimate of drug-likeness (QED) is 0.886. The van der Waals surface area contributed by atoms with E-state index in [1.807, 2.05) is 29.2 Å². The molecule has 0 aliphatic carbocycles. The summed E-state index contributed by atoms with van der Waals surface area (Å²) in [6.07, 6.45) is 3.58. The van der Waals surface area contributed by atoms with Crippen LogP contribution in [0.5, 0.6) is 5.75 Å². The van der Waals surface area contributed by atoms with Crippen LogP contribution in [-0.2, 0) is 0 Å². The van der Waals surface area contributed by atoms with Gasteiger partial charge in [0.05, 0.1) is 0 Å². The van der Waals surface area contributed by atoms with Crippen LogP contribution in [0.4, 0.5) is 4.79 Å². The first-order chi connectivity index (χ1) is 11.8. The van der Waals surface area contributed by atoms with Crippen molar-refractivity contribution in [1.29, 1.82) is 0 Å². The highest BCUT2D eigenvalue weighted by atomic mass is 16.6. The smallest absolute Gasteiger partial charge is 0.408 e. The van der Waals surface area contributed by atoms with Crippen LogP contribution in [0.1, 0.15) is 12.8 Å². The number of fused-ring (bicyclic) bond motifs is 1. The Morgan fingerprint density at radius 3 is 2.62 bits per heavy atom. The van der Waals surface area contributed by atoms with Gasteiger partial charge in [0.15, 0.2) is 5.75 Å². The fourth-order valence-electron chi connectivity index (χ4n) is 3.75. The standard InChI is InChI=1S/C18H24N4O2/c23-18(24-17-13-20-16-4-2-1-3-15(16)17)22-9-5-14(6-10-22)21-11-7-19-8-12-21/h1-4,13-14,19-20H,5-12H2. The Morgan fingerprint density at radius 1 is 1.08 bits per heavy atom. The van der Waals surface area contributed by atoms with Crippen molar-refractivity contribution < 1.29 is 9.53 Å². The van der Waals surface area contributed by atoms with Crippen LogP contribution in [0.15, 0.2) is 30.5 Å². The van der Waals surface area contributed by atoms with Gasteiger partial charge in [-0.2, -0.15) is 0 Å². The molecule has 2 aliphatic heterocycles. The number of likely N-dealkylation sites (tertiary alicyclic amines) is 1. The van der Waals surface area contributed by atoms with E-state index in [4.69, 9.17) is 4.74 Å². The van der Waals surface area contributed by atoms with Crippen LogP contribution in [0.25, 0.3) is 10.9 Å². The lowest BCUT2D eigenvalue weighted by Gasteiger charge is -2.39. The first-order valence-corrected chi connectivity index (χ1v) is 8.79. The number of rotatable bonds is 2. The lowest BCUT2D eigenvalue weighted by Crippen LogP contribution is -2.52. The Hall–Kier alpha value is -2.05. The number of aromatic nitrogens is 1. The Kier molecular flexibility index (Phi) is 4.40. The summed E-state index contributed by atoms with van der Waals surface area (Å²) in [5, 5.41) is 4.34. The zero-order valence-electron chi connectivity index (χ0n) is 13.8. The van der Waals surface area contributed by atoms with E-state index in [9.17, 15) is 4.79 Å². The van der Waals surface area contributed by atoms with Crippen molar-refractivity contribution >= 4 is 17.0 Å². The highest BCUT2D eigenvalue weighted by Gasteiger charge is 2.28. The minimum absolute atomic E-state index is 0.237. The average Bonchev–Trinajstić information content (AvgIpc) is 3.06. The number of hydrogen-bond acceptors (Lipinski definition) is 4. The van der Waals surface area contributed by atoms with Gasteiger partial charge in [0.25, 0.3) is 0 Å². The third kappa shape index (κ3) is 3.12. The van der Waals surface area contributed by atoms with Gasteiger partial charge < -0.3 is 19.9 Å². The van der Waals surface area contributed by atoms with Crippen LogP contribution < -0.4 is 10.1 Å². The molecule has 0 unspecified atom stereocenters. The fourth-order valence-corrected chi connectivity index (χ4v) is 3.75. The summed E-state index contributed by atoms with van der Waals surface area (Å²) in [5.74, 6) is 0.611. The van der Waals surface area contributed by atoms with E-state index in [1.54, 1.807) is 6.20 Å². The van der Waals surface area contributed by atoms with Crippen molar-refractivity contribution in [2.24, 2.45) is 0 Å². The van der Waals surface area contributed by atoms with Gasteiger partial charge in [0.1, 0.15) is 0 Å². The zero-order valence-corrected chi connectivity index (χ0v) is 13.8. The van der Waals surface area contributed by atoms with E-state index in [2.05, 4.69) is 15.2 Å². The van der Waals surface area contributed by atoms with Gasteiger partial charge in [-0.3, -0.25) is 4.90 Å². The first kappa shape index (κ1) is 15.5. The van der Waals surface area contributed by atoms with E-state index in [1.165, 1.54) is 0 Å². The summed E-state index contributed by atoms with van der Waals surface area (Å²) in [5.41, 5.74) is 0.984. The molecule has 1 amide bonds.